The maximum absolute atomic E-state index is 14.8. The smallest absolute Gasteiger partial charge is 0.213 e. The van der Waals surface area contributed by atoms with E-state index in [2.05, 4.69) is 25.9 Å². The van der Waals surface area contributed by atoms with Gasteiger partial charge in [0.1, 0.15) is 13.3 Å². The van der Waals surface area contributed by atoms with E-state index in [1.165, 1.54) is 0 Å². The van der Waals surface area contributed by atoms with E-state index in [4.69, 9.17) is 23.9 Å². The first-order valence-electron chi connectivity index (χ1n) is 17.7. The van der Waals surface area contributed by atoms with E-state index in [1.54, 1.807) is 30.4 Å². The van der Waals surface area contributed by atoms with Crippen molar-refractivity contribution in [1.82, 2.24) is 29.2 Å². The molecule has 12 nitrogen and oxygen atoms in total. The third-order valence-electron chi connectivity index (χ3n) is 9.67. The molecule has 1 aromatic carbocycles. The Kier molecular flexibility index (Phi) is 10.1. The number of ether oxygens (including phenoxy) is 4. The molecule has 0 radical (unpaired) electrons. The Morgan fingerprint density at radius 1 is 1.10 bits per heavy atom. The summed E-state index contributed by atoms with van der Waals surface area (Å²) in [6.45, 7) is 11.7. The minimum absolute atomic E-state index is 0.0489. The van der Waals surface area contributed by atoms with Crippen LogP contribution in [0.1, 0.15) is 57.7 Å². The fraction of sp³-hybridized carbons (Fsp3) is 0.474. The van der Waals surface area contributed by atoms with Gasteiger partial charge >= 0.3 is 0 Å². The summed E-state index contributed by atoms with van der Waals surface area (Å²) in [6.07, 6.45) is 9.00. The van der Waals surface area contributed by atoms with Crippen LogP contribution >= 0.6 is 0 Å². The molecule has 0 spiro atoms. The number of rotatable bonds is 12. The van der Waals surface area contributed by atoms with Crippen LogP contribution in [0.5, 0.6) is 11.6 Å². The van der Waals surface area contributed by atoms with Gasteiger partial charge < -0.3 is 28.4 Å². The molecule has 1 saturated heterocycles. The van der Waals surface area contributed by atoms with E-state index in [0.29, 0.717) is 44.3 Å². The number of benzene rings is 1. The average Bonchev–Trinajstić information content (AvgIpc) is 3.54. The normalized spacial score (nSPS) is 17.7. The molecule has 52 heavy (non-hydrogen) atoms. The highest BCUT2D eigenvalue weighted by Gasteiger charge is 2.30. The molecule has 276 valence electrons. The van der Waals surface area contributed by atoms with E-state index in [1.807, 2.05) is 50.6 Å². The summed E-state index contributed by atoms with van der Waals surface area (Å²) >= 11 is 0. The summed E-state index contributed by atoms with van der Waals surface area (Å²) in [7, 11) is 1.58. The quantitative estimate of drug-likeness (QED) is 0.146. The van der Waals surface area contributed by atoms with Gasteiger partial charge in [0.2, 0.25) is 11.7 Å². The Bertz CT molecular complexity index is 2130. The highest BCUT2D eigenvalue weighted by molar-refractivity contribution is 5.86. The van der Waals surface area contributed by atoms with E-state index < -0.39 is 11.6 Å². The first kappa shape index (κ1) is 35.7. The van der Waals surface area contributed by atoms with E-state index in [0.717, 1.165) is 47.7 Å². The van der Waals surface area contributed by atoms with E-state index in [9.17, 15) is 13.6 Å². The summed E-state index contributed by atoms with van der Waals surface area (Å²) in [5.74, 6) is -1.89. The van der Waals surface area contributed by atoms with Crippen molar-refractivity contribution in [3.63, 3.8) is 0 Å². The lowest BCUT2D eigenvalue weighted by Crippen LogP contribution is -2.48. The van der Waals surface area contributed by atoms with Gasteiger partial charge in [-0.25, -0.2) is 19.0 Å². The first-order chi connectivity index (χ1) is 25.0. The predicted octanol–water partition coefficient (Wildman–Crippen LogP) is 5.84. The molecular formula is C38H45F2N7O5. The molecule has 1 unspecified atom stereocenters. The standard InChI is InChI=1S/C38H45F2N7O5/c1-24-22-51-36-33(40)31(39)15-30-34(36)46(24)20-27(35(30)48)19-45(18-25-8-9-41-32(13-25)49-5)28-7-6-10-44(21-28)29-14-26-16-43-47(37(26)42-17-29)23-50-11-12-52-38(2,3)4/h8-9,13-17,20,24,28H,6-7,10-12,18-19,21-23H2,1-5H3/t24?,28-/m0/s1. The van der Waals surface area contributed by atoms with Gasteiger partial charge in [0, 0.05) is 61.6 Å². The second-order valence-electron chi connectivity index (χ2n) is 14.6. The Hall–Kier alpha value is -4.66. The second kappa shape index (κ2) is 14.8. The molecular weight excluding hydrogens is 672 g/mol. The SMILES string of the molecule is COc1cc(CN(Cc2cn3c4c(c(F)c(F)cc4c2=O)OCC3C)[C@H]2CCCN(c3cnc4c(cnn4COCCOC(C)(C)C)c3)C2)ccn1. The molecule has 0 bridgehead atoms. The van der Waals surface area contributed by atoms with Crippen LogP contribution in [0, 0.1) is 11.6 Å². The summed E-state index contributed by atoms with van der Waals surface area (Å²) in [5, 5.41) is 5.53. The number of halogens is 2. The van der Waals surface area contributed by atoms with Crippen molar-refractivity contribution in [1.29, 1.82) is 0 Å². The van der Waals surface area contributed by atoms with E-state index in [-0.39, 0.29) is 53.1 Å². The largest absolute Gasteiger partial charge is 0.486 e. The Morgan fingerprint density at radius 3 is 2.75 bits per heavy atom. The number of hydrogen-bond donors (Lipinski definition) is 0. The maximum Gasteiger partial charge on any atom is 0.213 e. The fourth-order valence-electron chi connectivity index (χ4n) is 7.06. The topological polar surface area (TPSA) is 109 Å². The second-order valence-corrected chi connectivity index (χ2v) is 14.6. The molecule has 2 aliphatic rings. The highest BCUT2D eigenvalue weighted by Crippen LogP contribution is 2.36. The number of nitrogens with zero attached hydrogens (tertiary/aromatic N) is 7. The van der Waals surface area contributed by atoms with Crippen molar-refractivity contribution in [3.8, 4) is 11.6 Å². The van der Waals surface area contributed by atoms with Crippen molar-refractivity contribution in [2.24, 2.45) is 0 Å². The lowest BCUT2D eigenvalue weighted by atomic mass is 10.0. The van der Waals surface area contributed by atoms with Crippen LogP contribution in [0.4, 0.5) is 14.5 Å². The molecule has 0 saturated carbocycles. The number of anilines is 1. The zero-order valence-electron chi connectivity index (χ0n) is 30.3. The van der Waals surface area contributed by atoms with Gasteiger partial charge in [-0.3, -0.25) is 9.69 Å². The molecule has 5 aromatic rings. The van der Waals surface area contributed by atoms with Crippen LogP contribution < -0.4 is 19.8 Å². The molecule has 6 heterocycles. The number of methoxy groups -OCH3 is 1. The lowest BCUT2D eigenvalue weighted by molar-refractivity contribution is -0.0466. The van der Waals surface area contributed by atoms with Gasteiger partial charge in [0.05, 0.1) is 61.0 Å². The molecule has 0 aliphatic carbocycles. The van der Waals surface area contributed by atoms with Crippen molar-refractivity contribution < 1.29 is 27.7 Å². The zero-order valence-corrected chi connectivity index (χ0v) is 30.3. The Morgan fingerprint density at radius 2 is 1.94 bits per heavy atom. The predicted molar refractivity (Wildman–Crippen MR) is 193 cm³/mol. The van der Waals surface area contributed by atoms with Gasteiger partial charge in [-0.05, 0) is 64.3 Å². The van der Waals surface area contributed by atoms with Crippen LogP contribution in [-0.2, 0) is 29.3 Å². The molecule has 7 rings (SSSR count). The van der Waals surface area contributed by atoms with Crippen LogP contribution in [0.3, 0.4) is 0 Å². The van der Waals surface area contributed by atoms with Crippen molar-refractivity contribution in [2.75, 3.05) is 44.9 Å². The summed E-state index contributed by atoms with van der Waals surface area (Å²) in [4.78, 5) is 27.7. The third kappa shape index (κ3) is 7.46. The van der Waals surface area contributed by atoms with Crippen molar-refractivity contribution >= 4 is 27.6 Å². The molecule has 0 amide bonds. The molecule has 2 atom stereocenters. The Balaban J connectivity index is 1.15. The van der Waals surface area contributed by atoms with Gasteiger partial charge in [0.15, 0.2) is 22.6 Å². The number of aromatic nitrogens is 5. The summed E-state index contributed by atoms with van der Waals surface area (Å²) < 4.78 is 55.6. The molecule has 14 heteroatoms. The summed E-state index contributed by atoms with van der Waals surface area (Å²) in [5.41, 5.74) is 2.92. The van der Waals surface area contributed by atoms with Crippen LogP contribution in [0.15, 0.2) is 53.8 Å². The number of pyridine rings is 3. The van der Waals surface area contributed by atoms with Gasteiger partial charge in [0.25, 0.3) is 0 Å². The van der Waals surface area contributed by atoms with Crippen molar-refractivity contribution in [3.05, 3.63) is 82.0 Å². The van der Waals surface area contributed by atoms with Gasteiger partial charge in [-0.15, -0.1) is 0 Å². The first-order valence-corrected chi connectivity index (χ1v) is 17.7. The maximum atomic E-state index is 14.8. The van der Waals surface area contributed by atoms with Crippen molar-refractivity contribution in [2.45, 2.75) is 78.0 Å². The summed E-state index contributed by atoms with van der Waals surface area (Å²) in [6, 6.07) is 6.80. The fourth-order valence-corrected chi connectivity index (χ4v) is 7.06. The minimum Gasteiger partial charge on any atom is -0.486 e. The molecule has 1 fully saturated rings. The molecule has 2 aliphatic heterocycles. The lowest BCUT2D eigenvalue weighted by Gasteiger charge is -2.40. The van der Waals surface area contributed by atoms with Gasteiger partial charge in [-0.2, -0.15) is 9.49 Å². The molecule has 4 aromatic heterocycles. The van der Waals surface area contributed by atoms with E-state index >= 15 is 0 Å². The number of piperidine rings is 1. The van der Waals surface area contributed by atoms with Crippen LogP contribution in [0.2, 0.25) is 0 Å². The van der Waals surface area contributed by atoms with Gasteiger partial charge in [-0.1, -0.05) is 0 Å². The average molecular weight is 718 g/mol. The number of hydrogen-bond acceptors (Lipinski definition) is 10. The zero-order chi connectivity index (χ0) is 36.6. The van der Waals surface area contributed by atoms with Crippen LogP contribution in [-0.4, -0.2) is 80.9 Å². The minimum atomic E-state index is -1.10. The molecule has 0 N–H and O–H groups in total. The number of fused-ring (bicyclic) bond motifs is 1. The van der Waals surface area contributed by atoms with Crippen LogP contribution in [0.25, 0.3) is 21.9 Å². The monoisotopic (exact) mass is 717 g/mol. The highest BCUT2D eigenvalue weighted by atomic mass is 19.2. The Labute approximate surface area is 300 Å². The third-order valence-corrected chi connectivity index (χ3v) is 9.67.